The Balaban J connectivity index is 2.38. The third-order valence-electron chi connectivity index (χ3n) is 3.04. The van der Waals surface area contributed by atoms with Gasteiger partial charge in [0.05, 0.1) is 14.2 Å². The first kappa shape index (κ1) is 13.8. The number of rotatable bonds is 4. The van der Waals surface area contributed by atoms with Gasteiger partial charge in [-0.15, -0.1) is 0 Å². The van der Waals surface area contributed by atoms with Crippen LogP contribution in [0.4, 0.5) is 17.2 Å². The van der Waals surface area contributed by atoms with Gasteiger partial charge in [-0.05, 0) is 23.3 Å². The van der Waals surface area contributed by atoms with E-state index in [0.717, 1.165) is 11.1 Å². The van der Waals surface area contributed by atoms with E-state index in [1.807, 2.05) is 12.1 Å². The summed E-state index contributed by atoms with van der Waals surface area (Å²) in [4.78, 5) is 4.05. The van der Waals surface area contributed by atoms with Crippen LogP contribution in [0.3, 0.4) is 0 Å². The Hall–Kier alpha value is -2.63. The van der Waals surface area contributed by atoms with E-state index in [4.69, 9.17) is 26.7 Å². The van der Waals surface area contributed by atoms with Crippen molar-refractivity contribution < 1.29 is 9.47 Å². The molecular formula is C14H18N4O2. The molecule has 1 heterocycles. The molecule has 0 atom stereocenters. The smallest absolute Gasteiger partial charge is 0.145 e. The van der Waals surface area contributed by atoms with Crippen LogP contribution in [0.15, 0.2) is 24.4 Å². The van der Waals surface area contributed by atoms with Crippen molar-refractivity contribution in [2.24, 2.45) is 0 Å². The van der Waals surface area contributed by atoms with Crippen LogP contribution in [0.1, 0.15) is 11.1 Å². The summed E-state index contributed by atoms with van der Waals surface area (Å²) in [6, 6.07) is 5.35. The lowest BCUT2D eigenvalue weighted by atomic mass is 10.0. The molecule has 0 aliphatic carbocycles. The molecule has 20 heavy (non-hydrogen) atoms. The molecule has 0 radical (unpaired) electrons. The number of anilines is 3. The van der Waals surface area contributed by atoms with Crippen molar-refractivity contribution in [1.29, 1.82) is 0 Å². The van der Waals surface area contributed by atoms with Gasteiger partial charge in [-0.25, -0.2) is 4.98 Å². The Labute approximate surface area is 117 Å². The van der Waals surface area contributed by atoms with Crippen LogP contribution in [0, 0.1) is 0 Å². The number of hydrogen-bond acceptors (Lipinski definition) is 6. The number of aromatic nitrogens is 1. The number of nitrogen functional groups attached to an aromatic ring is 3. The van der Waals surface area contributed by atoms with E-state index in [1.165, 1.54) is 0 Å². The molecule has 1 aromatic carbocycles. The van der Waals surface area contributed by atoms with Gasteiger partial charge >= 0.3 is 0 Å². The molecule has 0 saturated carbocycles. The predicted molar refractivity (Wildman–Crippen MR) is 79.8 cm³/mol. The van der Waals surface area contributed by atoms with Crippen molar-refractivity contribution in [3.63, 3.8) is 0 Å². The van der Waals surface area contributed by atoms with E-state index in [-0.39, 0.29) is 0 Å². The second kappa shape index (κ2) is 5.56. The van der Waals surface area contributed by atoms with Crippen molar-refractivity contribution >= 4 is 17.2 Å². The largest absolute Gasteiger partial charge is 0.494 e. The highest BCUT2D eigenvalue weighted by Crippen LogP contribution is 2.34. The minimum Gasteiger partial charge on any atom is -0.494 e. The van der Waals surface area contributed by atoms with Crippen LogP contribution in [-0.2, 0) is 6.42 Å². The van der Waals surface area contributed by atoms with Crippen LogP contribution in [0.5, 0.6) is 11.5 Å². The molecule has 0 aliphatic heterocycles. The quantitative estimate of drug-likeness (QED) is 0.728. The van der Waals surface area contributed by atoms with Gasteiger partial charge in [-0.3, -0.25) is 0 Å². The maximum absolute atomic E-state index is 5.93. The van der Waals surface area contributed by atoms with E-state index >= 15 is 0 Å². The minimum atomic E-state index is 0.402. The molecule has 106 valence electrons. The summed E-state index contributed by atoms with van der Waals surface area (Å²) in [5, 5.41) is 0. The highest BCUT2D eigenvalue weighted by molar-refractivity contribution is 5.65. The van der Waals surface area contributed by atoms with Gasteiger partial charge in [-0.2, -0.15) is 0 Å². The van der Waals surface area contributed by atoms with Crippen LogP contribution in [-0.4, -0.2) is 19.2 Å². The lowest BCUT2D eigenvalue weighted by molar-refractivity contribution is 0.397. The maximum Gasteiger partial charge on any atom is 0.145 e. The molecule has 1 aromatic heterocycles. The van der Waals surface area contributed by atoms with Crippen LogP contribution < -0.4 is 26.7 Å². The molecule has 6 heteroatoms. The summed E-state index contributed by atoms with van der Waals surface area (Å²) < 4.78 is 10.5. The SMILES string of the molecule is COc1cc(Cc2cnc(N)cc2N)cc(OC)c1N. The zero-order valence-electron chi connectivity index (χ0n) is 11.5. The molecule has 0 fully saturated rings. The summed E-state index contributed by atoms with van der Waals surface area (Å²) >= 11 is 0. The molecule has 0 bridgehead atoms. The number of ether oxygens (including phenoxy) is 2. The maximum atomic E-state index is 5.93. The number of benzene rings is 1. The standard InChI is InChI=1S/C14H18N4O2/c1-19-11-4-8(5-12(20-2)14(11)17)3-9-7-18-13(16)6-10(9)15/h4-7H,3,17H2,1-2H3,(H4,15,16,18). The Morgan fingerprint density at radius 3 is 2.10 bits per heavy atom. The summed E-state index contributed by atoms with van der Waals surface area (Å²) in [6.45, 7) is 0. The third-order valence-corrected chi connectivity index (χ3v) is 3.04. The highest BCUT2D eigenvalue weighted by Gasteiger charge is 2.11. The third kappa shape index (κ3) is 2.69. The Morgan fingerprint density at radius 1 is 1.00 bits per heavy atom. The van der Waals surface area contributed by atoms with Gasteiger partial charge in [-0.1, -0.05) is 0 Å². The molecule has 6 N–H and O–H groups in total. The molecule has 0 spiro atoms. The predicted octanol–water partition coefficient (Wildman–Crippen LogP) is 1.44. The van der Waals surface area contributed by atoms with E-state index in [1.54, 1.807) is 26.5 Å². The lowest BCUT2D eigenvalue weighted by Crippen LogP contribution is -2.02. The van der Waals surface area contributed by atoms with Gasteiger partial charge in [0.2, 0.25) is 0 Å². The van der Waals surface area contributed by atoms with Gasteiger partial charge < -0.3 is 26.7 Å². The molecular weight excluding hydrogens is 256 g/mol. The average Bonchev–Trinajstić information content (AvgIpc) is 2.43. The van der Waals surface area contributed by atoms with Crippen molar-refractivity contribution in [2.75, 3.05) is 31.4 Å². The Bertz CT molecular complexity index is 604. The van der Waals surface area contributed by atoms with E-state index in [0.29, 0.717) is 35.1 Å². The van der Waals surface area contributed by atoms with E-state index in [9.17, 15) is 0 Å². The van der Waals surface area contributed by atoms with Crippen molar-refractivity contribution in [2.45, 2.75) is 6.42 Å². The monoisotopic (exact) mass is 274 g/mol. The van der Waals surface area contributed by atoms with Gasteiger partial charge in [0.15, 0.2) is 0 Å². The first-order valence-corrected chi connectivity index (χ1v) is 6.05. The molecule has 0 aliphatic rings. The number of nitrogens with two attached hydrogens (primary N) is 3. The Kier molecular flexibility index (Phi) is 3.84. The van der Waals surface area contributed by atoms with E-state index < -0.39 is 0 Å². The summed E-state index contributed by atoms with van der Waals surface area (Å²) in [7, 11) is 3.13. The molecule has 2 rings (SSSR count). The van der Waals surface area contributed by atoms with Crippen molar-refractivity contribution in [1.82, 2.24) is 4.98 Å². The fourth-order valence-electron chi connectivity index (χ4n) is 1.98. The lowest BCUT2D eigenvalue weighted by Gasteiger charge is -2.13. The fourth-order valence-corrected chi connectivity index (χ4v) is 1.98. The van der Waals surface area contributed by atoms with Crippen molar-refractivity contribution in [3.05, 3.63) is 35.5 Å². The van der Waals surface area contributed by atoms with Crippen LogP contribution in [0.2, 0.25) is 0 Å². The second-order valence-electron chi connectivity index (χ2n) is 4.40. The minimum absolute atomic E-state index is 0.402. The van der Waals surface area contributed by atoms with Gasteiger partial charge in [0, 0.05) is 24.4 Å². The molecule has 0 unspecified atom stereocenters. The second-order valence-corrected chi connectivity index (χ2v) is 4.40. The zero-order chi connectivity index (χ0) is 14.7. The number of hydrogen-bond donors (Lipinski definition) is 3. The highest BCUT2D eigenvalue weighted by atomic mass is 16.5. The van der Waals surface area contributed by atoms with Crippen LogP contribution in [0.25, 0.3) is 0 Å². The zero-order valence-corrected chi connectivity index (χ0v) is 11.5. The van der Waals surface area contributed by atoms with Gasteiger partial charge in [0.25, 0.3) is 0 Å². The number of pyridine rings is 1. The molecule has 2 aromatic rings. The van der Waals surface area contributed by atoms with Gasteiger partial charge in [0.1, 0.15) is 23.0 Å². The first-order chi connectivity index (χ1) is 9.55. The summed E-state index contributed by atoms with van der Waals surface area (Å²) in [5.41, 5.74) is 20.4. The van der Waals surface area contributed by atoms with E-state index in [2.05, 4.69) is 4.98 Å². The normalized spacial score (nSPS) is 10.3. The first-order valence-electron chi connectivity index (χ1n) is 6.05. The Morgan fingerprint density at radius 2 is 1.60 bits per heavy atom. The van der Waals surface area contributed by atoms with Crippen molar-refractivity contribution in [3.8, 4) is 11.5 Å². The summed E-state index contributed by atoms with van der Waals surface area (Å²) in [6.07, 6.45) is 2.26. The summed E-state index contributed by atoms with van der Waals surface area (Å²) in [5.74, 6) is 1.54. The molecule has 0 saturated heterocycles. The fraction of sp³-hybridized carbons (Fsp3) is 0.214. The topological polar surface area (TPSA) is 109 Å². The number of nitrogens with zero attached hydrogens (tertiary/aromatic N) is 1. The molecule has 6 nitrogen and oxygen atoms in total. The number of methoxy groups -OCH3 is 2. The molecule has 0 amide bonds. The average molecular weight is 274 g/mol. The van der Waals surface area contributed by atoms with Crippen LogP contribution >= 0.6 is 0 Å².